The average molecular weight is 463 g/mol. The van der Waals surface area contributed by atoms with Gasteiger partial charge in [0.05, 0.1) is 36.7 Å². The highest BCUT2D eigenvalue weighted by Crippen LogP contribution is 2.38. The molecule has 0 unspecified atom stereocenters. The highest BCUT2D eigenvalue weighted by Gasteiger charge is 2.35. The molecule has 6 nitrogen and oxygen atoms in total. The van der Waals surface area contributed by atoms with E-state index in [4.69, 9.17) is 20.1 Å². The Balaban J connectivity index is 1.54. The maximum absolute atomic E-state index is 13.2. The van der Waals surface area contributed by atoms with Gasteiger partial charge in [-0.1, -0.05) is 78.4 Å². The van der Waals surface area contributed by atoms with E-state index in [1.165, 1.54) is 0 Å². The van der Waals surface area contributed by atoms with Crippen LogP contribution in [0.5, 0.6) is 0 Å². The number of aromatic nitrogens is 2. The first-order valence-electron chi connectivity index (χ1n) is 11.6. The molecule has 174 valence electrons. The molecule has 0 bridgehead atoms. The van der Waals surface area contributed by atoms with E-state index < -0.39 is 0 Å². The first-order chi connectivity index (χ1) is 17.0. The number of nitrogens with zero attached hydrogens (tertiary/aromatic N) is 3. The Hall–Kier alpha value is -4.16. The SMILES string of the molecule is Cc1ccc(-c2nc(C(=N)COCc3ccccc3)c3c(n2)N(c2ccccc2C)C(=O)C3)cc1. The molecule has 1 aliphatic heterocycles. The second-order valence-corrected chi connectivity index (χ2v) is 8.71. The zero-order valence-electron chi connectivity index (χ0n) is 19.8. The van der Waals surface area contributed by atoms with E-state index in [-0.39, 0.29) is 24.6 Å². The Labute approximate surface area is 204 Å². The number of rotatable bonds is 7. The van der Waals surface area contributed by atoms with Crippen molar-refractivity contribution in [1.29, 1.82) is 5.41 Å². The van der Waals surface area contributed by atoms with E-state index in [1.54, 1.807) is 4.90 Å². The highest BCUT2D eigenvalue weighted by atomic mass is 16.5. The summed E-state index contributed by atoms with van der Waals surface area (Å²) >= 11 is 0. The molecule has 0 spiro atoms. The zero-order chi connectivity index (χ0) is 24.4. The molecule has 0 saturated heterocycles. The largest absolute Gasteiger partial charge is 0.370 e. The Bertz CT molecular complexity index is 1400. The molecule has 4 aromatic rings. The average Bonchev–Trinajstić information content (AvgIpc) is 3.20. The van der Waals surface area contributed by atoms with Crippen molar-refractivity contribution in [3.05, 3.63) is 107 Å². The summed E-state index contributed by atoms with van der Waals surface area (Å²) in [4.78, 5) is 24.5. The highest BCUT2D eigenvalue weighted by molar-refractivity contribution is 6.11. The molecule has 0 saturated carbocycles. The fraction of sp³-hybridized carbons (Fsp3) is 0.172. The number of fused-ring (bicyclic) bond motifs is 1. The monoisotopic (exact) mass is 462 g/mol. The van der Waals surface area contributed by atoms with E-state index in [0.29, 0.717) is 29.5 Å². The Kier molecular flexibility index (Phi) is 6.21. The van der Waals surface area contributed by atoms with Crippen LogP contribution in [0.3, 0.4) is 0 Å². The van der Waals surface area contributed by atoms with Crippen molar-refractivity contribution in [3.8, 4) is 11.4 Å². The molecule has 6 heteroatoms. The number of nitrogens with one attached hydrogen (secondary N) is 1. The van der Waals surface area contributed by atoms with Crippen LogP contribution >= 0.6 is 0 Å². The number of hydrogen-bond donors (Lipinski definition) is 1. The van der Waals surface area contributed by atoms with Crippen LogP contribution in [0.1, 0.15) is 27.9 Å². The molecule has 35 heavy (non-hydrogen) atoms. The van der Waals surface area contributed by atoms with E-state index in [9.17, 15) is 4.79 Å². The van der Waals surface area contributed by atoms with Gasteiger partial charge in [0.1, 0.15) is 5.82 Å². The van der Waals surface area contributed by atoms with Crippen LogP contribution < -0.4 is 4.90 Å². The van der Waals surface area contributed by atoms with Crippen LogP contribution in [-0.2, 0) is 22.6 Å². The van der Waals surface area contributed by atoms with Gasteiger partial charge in [0, 0.05) is 11.1 Å². The molecule has 3 aromatic carbocycles. The van der Waals surface area contributed by atoms with E-state index >= 15 is 0 Å². The lowest BCUT2D eigenvalue weighted by Crippen LogP contribution is -2.22. The quantitative estimate of drug-likeness (QED) is 0.364. The second-order valence-electron chi connectivity index (χ2n) is 8.71. The minimum Gasteiger partial charge on any atom is -0.370 e. The summed E-state index contributed by atoms with van der Waals surface area (Å²) < 4.78 is 5.83. The Morgan fingerprint density at radius 2 is 1.66 bits per heavy atom. The zero-order valence-corrected chi connectivity index (χ0v) is 19.8. The number of ether oxygens (including phenoxy) is 1. The lowest BCUT2D eigenvalue weighted by Gasteiger charge is -2.20. The summed E-state index contributed by atoms with van der Waals surface area (Å²) in [6, 6.07) is 25.5. The Morgan fingerprint density at radius 1 is 0.943 bits per heavy atom. The predicted octanol–water partition coefficient (Wildman–Crippen LogP) is 5.57. The minimum absolute atomic E-state index is 0.0797. The molecule has 1 N–H and O–H groups in total. The van der Waals surface area contributed by atoms with Crippen molar-refractivity contribution in [3.63, 3.8) is 0 Å². The van der Waals surface area contributed by atoms with Gasteiger partial charge in [0.15, 0.2) is 5.82 Å². The third-order valence-electron chi connectivity index (χ3n) is 6.08. The van der Waals surface area contributed by atoms with Crippen LogP contribution in [0.25, 0.3) is 11.4 Å². The van der Waals surface area contributed by atoms with Crippen LogP contribution in [0.2, 0.25) is 0 Å². The number of amides is 1. The molecule has 2 heterocycles. The summed E-state index contributed by atoms with van der Waals surface area (Å²) in [6.07, 6.45) is 0.147. The van der Waals surface area contributed by atoms with Crippen molar-refractivity contribution in [2.75, 3.05) is 11.5 Å². The molecule has 5 rings (SSSR count). The molecular weight excluding hydrogens is 436 g/mol. The predicted molar refractivity (Wildman–Crippen MR) is 137 cm³/mol. The maximum Gasteiger partial charge on any atom is 0.237 e. The number of carbonyl (C=O) groups is 1. The second kappa shape index (κ2) is 9.60. The normalized spacial score (nSPS) is 12.6. The first kappa shape index (κ1) is 22.6. The van der Waals surface area contributed by atoms with Crippen molar-refractivity contribution in [2.24, 2.45) is 0 Å². The third-order valence-corrected chi connectivity index (χ3v) is 6.08. The van der Waals surface area contributed by atoms with Crippen molar-refractivity contribution < 1.29 is 9.53 Å². The van der Waals surface area contributed by atoms with Gasteiger partial charge < -0.3 is 10.1 Å². The van der Waals surface area contributed by atoms with E-state index in [2.05, 4.69) is 0 Å². The van der Waals surface area contributed by atoms with Gasteiger partial charge >= 0.3 is 0 Å². The van der Waals surface area contributed by atoms with E-state index in [1.807, 2.05) is 92.7 Å². The summed E-state index contributed by atoms with van der Waals surface area (Å²) in [5, 5.41) is 8.79. The van der Waals surface area contributed by atoms with Crippen LogP contribution in [0, 0.1) is 19.3 Å². The molecule has 0 fully saturated rings. The number of hydrogen-bond acceptors (Lipinski definition) is 5. The van der Waals surface area contributed by atoms with Gasteiger partial charge in [-0.3, -0.25) is 9.69 Å². The molecule has 0 aliphatic carbocycles. The molecule has 1 amide bonds. The molecule has 1 aromatic heterocycles. The Morgan fingerprint density at radius 3 is 2.40 bits per heavy atom. The fourth-order valence-corrected chi connectivity index (χ4v) is 4.23. The number of para-hydroxylation sites is 1. The van der Waals surface area contributed by atoms with Gasteiger partial charge in [-0.05, 0) is 31.0 Å². The third kappa shape index (κ3) is 4.61. The number of aryl methyl sites for hydroxylation is 2. The number of carbonyl (C=O) groups excluding carboxylic acids is 1. The molecule has 1 aliphatic rings. The minimum atomic E-state index is -0.0797. The van der Waals surface area contributed by atoms with Crippen LogP contribution in [-0.4, -0.2) is 28.2 Å². The van der Waals surface area contributed by atoms with Gasteiger partial charge in [0.2, 0.25) is 5.91 Å². The lowest BCUT2D eigenvalue weighted by atomic mass is 10.1. The number of anilines is 2. The van der Waals surface area contributed by atoms with Crippen molar-refractivity contribution in [2.45, 2.75) is 26.9 Å². The van der Waals surface area contributed by atoms with Crippen LogP contribution in [0.15, 0.2) is 78.9 Å². The van der Waals surface area contributed by atoms with Crippen molar-refractivity contribution >= 4 is 23.1 Å². The lowest BCUT2D eigenvalue weighted by molar-refractivity contribution is -0.116. The summed E-state index contributed by atoms with van der Waals surface area (Å²) in [6.45, 7) is 4.49. The maximum atomic E-state index is 13.2. The summed E-state index contributed by atoms with van der Waals surface area (Å²) in [7, 11) is 0. The molecule has 0 radical (unpaired) electrons. The fourth-order valence-electron chi connectivity index (χ4n) is 4.23. The van der Waals surface area contributed by atoms with Crippen LogP contribution in [0.4, 0.5) is 11.5 Å². The van der Waals surface area contributed by atoms with Gasteiger partial charge in [-0.2, -0.15) is 0 Å². The van der Waals surface area contributed by atoms with Gasteiger partial charge in [-0.15, -0.1) is 0 Å². The van der Waals surface area contributed by atoms with Gasteiger partial charge in [-0.25, -0.2) is 9.97 Å². The molecule has 0 atom stereocenters. The smallest absolute Gasteiger partial charge is 0.237 e. The number of benzene rings is 3. The first-order valence-corrected chi connectivity index (χ1v) is 11.6. The molecular formula is C29H26N4O2. The van der Waals surface area contributed by atoms with E-state index in [0.717, 1.165) is 27.9 Å². The van der Waals surface area contributed by atoms with Crippen molar-refractivity contribution in [1.82, 2.24) is 9.97 Å². The van der Waals surface area contributed by atoms with Gasteiger partial charge in [0.25, 0.3) is 0 Å². The summed E-state index contributed by atoms with van der Waals surface area (Å²) in [5.41, 5.74) is 6.14. The standard InChI is InChI=1S/C29H26N4O2/c1-19-12-14-22(15-13-19)28-31-27(24(30)18-35-17-21-9-4-3-5-10-21)23-16-26(34)33(29(23)32-28)25-11-7-6-8-20(25)2/h3-15,30H,16-18H2,1-2H3. The summed E-state index contributed by atoms with van der Waals surface area (Å²) in [5.74, 6) is 0.946. The topological polar surface area (TPSA) is 79.2 Å².